The summed E-state index contributed by atoms with van der Waals surface area (Å²) in [5.74, 6) is -0.161. The van der Waals surface area contributed by atoms with Gasteiger partial charge in [-0.05, 0) is 24.1 Å². The number of carbonyl (C=O) groups is 1. The maximum Gasteiger partial charge on any atom is 0.328 e. The van der Waals surface area contributed by atoms with Crippen LogP contribution in [0.15, 0.2) is 18.2 Å². The molecule has 15 heavy (non-hydrogen) atoms. The minimum absolute atomic E-state index is 0.160. The lowest BCUT2D eigenvalue weighted by Gasteiger charge is -2.20. The van der Waals surface area contributed by atoms with Crippen LogP contribution in [0.5, 0.6) is 0 Å². The van der Waals surface area contributed by atoms with Crippen molar-refractivity contribution in [1.29, 1.82) is 0 Å². The lowest BCUT2D eigenvalue weighted by molar-refractivity contribution is -0.141. The third kappa shape index (κ3) is 1.58. The summed E-state index contributed by atoms with van der Waals surface area (Å²) in [4.78, 5) is 13.5. The summed E-state index contributed by atoms with van der Waals surface area (Å²) in [5, 5.41) is 0. The molecular weight excluding hydrogens is 190 g/mol. The van der Waals surface area contributed by atoms with Crippen LogP contribution < -0.4 is 4.90 Å². The van der Waals surface area contributed by atoms with Crippen LogP contribution in [-0.4, -0.2) is 26.2 Å². The monoisotopic (exact) mass is 205 g/mol. The van der Waals surface area contributed by atoms with E-state index in [0.29, 0.717) is 0 Å². The minimum Gasteiger partial charge on any atom is -0.467 e. The van der Waals surface area contributed by atoms with Crippen molar-refractivity contribution in [2.24, 2.45) is 0 Å². The number of methoxy groups -OCH3 is 1. The van der Waals surface area contributed by atoms with E-state index in [1.165, 1.54) is 18.2 Å². The molecule has 0 amide bonds. The van der Waals surface area contributed by atoms with Gasteiger partial charge in [-0.2, -0.15) is 0 Å². The zero-order valence-corrected chi connectivity index (χ0v) is 9.28. The van der Waals surface area contributed by atoms with Crippen molar-refractivity contribution in [1.82, 2.24) is 0 Å². The number of ether oxygens (including phenoxy) is 1. The maximum absolute atomic E-state index is 11.5. The lowest BCUT2D eigenvalue weighted by atomic mass is 10.1. The Morgan fingerprint density at radius 1 is 1.53 bits per heavy atom. The zero-order chi connectivity index (χ0) is 11.0. The molecule has 0 bridgehead atoms. The maximum atomic E-state index is 11.5. The van der Waals surface area contributed by atoms with Gasteiger partial charge in [-0.1, -0.05) is 12.1 Å². The van der Waals surface area contributed by atoms with Crippen LogP contribution in [0.3, 0.4) is 0 Å². The van der Waals surface area contributed by atoms with E-state index >= 15 is 0 Å². The third-order valence-electron chi connectivity index (χ3n) is 2.97. The molecule has 3 heteroatoms. The van der Waals surface area contributed by atoms with Gasteiger partial charge in [0.25, 0.3) is 0 Å². The molecule has 0 fully saturated rings. The Morgan fingerprint density at radius 3 is 2.93 bits per heavy atom. The number of benzene rings is 1. The second kappa shape index (κ2) is 3.57. The van der Waals surface area contributed by atoms with Gasteiger partial charge < -0.3 is 9.64 Å². The van der Waals surface area contributed by atoms with Crippen molar-refractivity contribution >= 4 is 11.7 Å². The Morgan fingerprint density at radius 2 is 2.27 bits per heavy atom. The summed E-state index contributed by atoms with van der Waals surface area (Å²) in [6.07, 6.45) is 0.749. The van der Waals surface area contributed by atoms with Gasteiger partial charge in [-0.15, -0.1) is 0 Å². The fourth-order valence-corrected chi connectivity index (χ4v) is 2.07. The van der Waals surface area contributed by atoms with Gasteiger partial charge in [0.2, 0.25) is 0 Å². The van der Waals surface area contributed by atoms with Gasteiger partial charge in [0, 0.05) is 19.2 Å². The van der Waals surface area contributed by atoms with E-state index in [4.69, 9.17) is 4.74 Å². The van der Waals surface area contributed by atoms with E-state index in [-0.39, 0.29) is 12.0 Å². The summed E-state index contributed by atoms with van der Waals surface area (Å²) in [6, 6.07) is 6.11. The number of hydrogen-bond donors (Lipinski definition) is 0. The smallest absolute Gasteiger partial charge is 0.328 e. The second-order valence-corrected chi connectivity index (χ2v) is 3.99. The Hall–Kier alpha value is -1.51. The summed E-state index contributed by atoms with van der Waals surface area (Å²) >= 11 is 0. The van der Waals surface area contributed by atoms with Crippen molar-refractivity contribution in [3.8, 4) is 0 Å². The first-order valence-electron chi connectivity index (χ1n) is 5.03. The summed E-state index contributed by atoms with van der Waals surface area (Å²) in [7, 11) is 3.37. The normalized spacial score (nSPS) is 18.9. The van der Waals surface area contributed by atoms with Crippen LogP contribution in [0, 0.1) is 6.92 Å². The first kappa shape index (κ1) is 10.0. The standard InChI is InChI=1S/C12H15NO2/c1-8-4-5-9-7-11(12(14)15-3)13(2)10(9)6-8/h4-6,11H,7H2,1-3H3. The molecule has 0 aliphatic carbocycles. The van der Waals surface area contributed by atoms with Gasteiger partial charge in [0.05, 0.1) is 7.11 Å². The highest BCUT2D eigenvalue weighted by atomic mass is 16.5. The molecule has 1 atom stereocenters. The molecule has 1 aromatic carbocycles. The number of likely N-dealkylation sites (N-methyl/N-ethyl adjacent to an activating group) is 1. The summed E-state index contributed by atoms with van der Waals surface area (Å²) in [6.45, 7) is 2.06. The molecule has 0 spiro atoms. The number of hydrogen-bond acceptors (Lipinski definition) is 3. The van der Waals surface area contributed by atoms with Crippen LogP contribution >= 0.6 is 0 Å². The molecule has 0 saturated carbocycles. The van der Waals surface area contributed by atoms with Crippen molar-refractivity contribution in [2.45, 2.75) is 19.4 Å². The van der Waals surface area contributed by atoms with Gasteiger partial charge in [-0.3, -0.25) is 0 Å². The SMILES string of the molecule is COC(=O)C1Cc2ccc(C)cc2N1C. The van der Waals surface area contributed by atoms with Gasteiger partial charge in [-0.25, -0.2) is 4.79 Å². The topological polar surface area (TPSA) is 29.5 Å². The molecule has 0 N–H and O–H groups in total. The molecule has 80 valence electrons. The third-order valence-corrected chi connectivity index (χ3v) is 2.97. The molecule has 1 aliphatic rings. The second-order valence-electron chi connectivity index (χ2n) is 3.99. The number of esters is 1. The van der Waals surface area contributed by atoms with Crippen molar-refractivity contribution in [3.63, 3.8) is 0 Å². The highest BCUT2D eigenvalue weighted by molar-refractivity contribution is 5.83. The van der Waals surface area contributed by atoms with E-state index in [9.17, 15) is 4.79 Å². The molecule has 2 rings (SSSR count). The Bertz CT molecular complexity index is 401. The van der Waals surface area contributed by atoms with E-state index in [1.807, 2.05) is 11.9 Å². The van der Waals surface area contributed by atoms with E-state index in [0.717, 1.165) is 12.1 Å². The number of nitrogens with zero attached hydrogens (tertiary/aromatic N) is 1. The van der Waals surface area contributed by atoms with Crippen molar-refractivity contribution < 1.29 is 9.53 Å². The van der Waals surface area contributed by atoms with Crippen LogP contribution in [0.2, 0.25) is 0 Å². The summed E-state index contributed by atoms with van der Waals surface area (Å²) in [5.41, 5.74) is 3.58. The number of rotatable bonds is 1. The fraction of sp³-hybridized carbons (Fsp3) is 0.417. The first-order valence-corrected chi connectivity index (χ1v) is 5.03. The van der Waals surface area contributed by atoms with Crippen LogP contribution in [0.25, 0.3) is 0 Å². The van der Waals surface area contributed by atoms with Crippen LogP contribution in [0.1, 0.15) is 11.1 Å². The largest absolute Gasteiger partial charge is 0.467 e. The average molecular weight is 205 g/mol. The van der Waals surface area contributed by atoms with Crippen LogP contribution in [0.4, 0.5) is 5.69 Å². The molecular formula is C12H15NO2. The summed E-state index contributed by atoms with van der Waals surface area (Å²) < 4.78 is 4.79. The Kier molecular flexibility index (Phi) is 2.39. The van der Waals surface area contributed by atoms with E-state index < -0.39 is 0 Å². The molecule has 1 aromatic rings. The quantitative estimate of drug-likeness (QED) is 0.651. The van der Waals surface area contributed by atoms with E-state index in [1.54, 1.807) is 0 Å². The predicted molar refractivity (Wildman–Crippen MR) is 59.1 cm³/mol. The number of fused-ring (bicyclic) bond motifs is 1. The van der Waals surface area contributed by atoms with Gasteiger partial charge in [0.1, 0.15) is 6.04 Å². The number of anilines is 1. The lowest BCUT2D eigenvalue weighted by Crippen LogP contribution is -2.36. The molecule has 0 radical (unpaired) electrons. The zero-order valence-electron chi connectivity index (χ0n) is 9.28. The van der Waals surface area contributed by atoms with Gasteiger partial charge in [0.15, 0.2) is 0 Å². The minimum atomic E-state index is -0.161. The molecule has 1 aliphatic heterocycles. The molecule has 1 unspecified atom stereocenters. The molecule has 3 nitrogen and oxygen atoms in total. The highest BCUT2D eigenvalue weighted by Crippen LogP contribution is 2.31. The Labute approximate surface area is 89.7 Å². The van der Waals surface area contributed by atoms with Crippen LogP contribution in [-0.2, 0) is 16.0 Å². The molecule has 0 aromatic heterocycles. The molecule has 1 heterocycles. The Balaban J connectivity index is 2.33. The highest BCUT2D eigenvalue weighted by Gasteiger charge is 2.32. The van der Waals surface area contributed by atoms with Gasteiger partial charge >= 0.3 is 5.97 Å². The first-order chi connectivity index (χ1) is 7.13. The van der Waals surface area contributed by atoms with Crippen molar-refractivity contribution in [2.75, 3.05) is 19.1 Å². The number of aryl methyl sites for hydroxylation is 1. The van der Waals surface area contributed by atoms with Crippen molar-refractivity contribution in [3.05, 3.63) is 29.3 Å². The predicted octanol–water partition coefficient (Wildman–Crippen LogP) is 1.53. The van der Waals surface area contributed by atoms with E-state index in [2.05, 4.69) is 25.1 Å². The average Bonchev–Trinajstić information content (AvgIpc) is 2.55. The fourth-order valence-electron chi connectivity index (χ4n) is 2.07. The number of carbonyl (C=O) groups excluding carboxylic acids is 1. The molecule has 0 saturated heterocycles.